The first-order valence-electron chi connectivity index (χ1n) is 4.80. The second-order valence-electron chi connectivity index (χ2n) is 3.27. The van der Waals surface area contributed by atoms with Crippen molar-refractivity contribution in [2.75, 3.05) is 0 Å². The fraction of sp³-hybridized carbons (Fsp3) is 0.300. The predicted octanol–water partition coefficient (Wildman–Crippen LogP) is 1.98. The summed E-state index contributed by atoms with van der Waals surface area (Å²) in [7, 11) is 0. The molecular weight excluding hydrogens is 267 g/mol. The van der Waals surface area contributed by atoms with Gasteiger partial charge in [0, 0.05) is 5.56 Å². The van der Waals surface area contributed by atoms with Gasteiger partial charge in [0.15, 0.2) is 0 Å². The average Bonchev–Trinajstić information content (AvgIpc) is 2.23. The molecule has 1 rings (SSSR count). The highest BCUT2D eigenvalue weighted by molar-refractivity contribution is 6.33. The minimum Gasteiger partial charge on any atom is -0.480 e. The second-order valence-corrected chi connectivity index (χ2v) is 4.05. The van der Waals surface area contributed by atoms with Crippen LogP contribution in [0.5, 0.6) is 0 Å². The number of carboxylic acids is 1. The first-order chi connectivity index (χ1) is 7.93. The van der Waals surface area contributed by atoms with Crippen molar-refractivity contribution in [3.8, 4) is 0 Å². The van der Waals surface area contributed by atoms with Crippen LogP contribution < -0.4 is 5.32 Å². The van der Waals surface area contributed by atoms with Gasteiger partial charge in [-0.3, -0.25) is 4.79 Å². The van der Waals surface area contributed by atoms with E-state index in [9.17, 15) is 9.59 Å². The van der Waals surface area contributed by atoms with Gasteiger partial charge in [-0.15, -0.1) is 0 Å². The van der Waals surface area contributed by atoms with E-state index in [0.717, 1.165) is 0 Å². The molecule has 0 spiro atoms. The average molecular weight is 277 g/mol. The number of rotatable bonds is 4. The summed E-state index contributed by atoms with van der Waals surface area (Å²) in [4.78, 5) is 26.1. The van der Waals surface area contributed by atoms with Crippen LogP contribution in [0.4, 0.5) is 0 Å². The molecule has 0 aliphatic carbocycles. The molecule has 0 aliphatic rings. The third-order valence-electron chi connectivity index (χ3n) is 2.04. The summed E-state index contributed by atoms with van der Waals surface area (Å²) in [6.07, 6.45) is 0.285. The molecule has 1 aromatic rings. The van der Waals surface area contributed by atoms with Crippen LogP contribution in [0.1, 0.15) is 23.7 Å². The zero-order valence-corrected chi connectivity index (χ0v) is 10.4. The Bertz CT molecular complexity index is 431. The molecule has 0 bridgehead atoms. The molecule has 1 aromatic heterocycles. The molecule has 1 amide bonds. The van der Waals surface area contributed by atoms with Crippen molar-refractivity contribution in [3.05, 3.63) is 28.0 Å². The number of amides is 1. The molecule has 0 aliphatic heterocycles. The molecule has 0 aromatic carbocycles. The van der Waals surface area contributed by atoms with Gasteiger partial charge < -0.3 is 10.4 Å². The number of nitrogens with one attached hydrogen (secondary N) is 1. The van der Waals surface area contributed by atoms with Crippen LogP contribution in [0, 0.1) is 0 Å². The van der Waals surface area contributed by atoms with Crippen LogP contribution in [0.25, 0.3) is 0 Å². The molecule has 17 heavy (non-hydrogen) atoms. The van der Waals surface area contributed by atoms with Crippen molar-refractivity contribution in [1.82, 2.24) is 10.3 Å². The maximum Gasteiger partial charge on any atom is 0.326 e. The highest BCUT2D eigenvalue weighted by Crippen LogP contribution is 2.14. The van der Waals surface area contributed by atoms with Gasteiger partial charge in [-0.05, 0) is 18.6 Å². The van der Waals surface area contributed by atoms with E-state index in [1.54, 1.807) is 6.92 Å². The van der Waals surface area contributed by atoms with E-state index < -0.39 is 17.9 Å². The maximum atomic E-state index is 11.7. The van der Waals surface area contributed by atoms with Crippen LogP contribution in [0.3, 0.4) is 0 Å². The summed E-state index contributed by atoms with van der Waals surface area (Å²) in [5, 5.41) is 11.3. The van der Waals surface area contributed by atoms with Gasteiger partial charge >= 0.3 is 5.97 Å². The third kappa shape index (κ3) is 3.87. The molecule has 1 atom stereocenters. The fourth-order valence-electron chi connectivity index (χ4n) is 1.18. The number of nitrogens with zero attached hydrogens (tertiary/aromatic N) is 1. The van der Waals surface area contributed by atoms with Gasteiger partial charge in [0.1, 0.15) is 16.3 Å². The molecular formula is C10H10Cl2N2O3. The fourth-order valence-corrected chi connectivity index (χ4v) is 1.64. The number of carbonyl (C=O) groups is 2. The second kappa shape index (κ2) is 5.84. The molecule has 0 saturated heterocycles. The SMILES string of the molecule is CCC(NC(=O)c1cc(Cl)nc(Cl)c1)C(=O)O. The highest BCUT2D eigenvalue weighted by atomic mass is 35.5. The monoisotopic (exact) mass is 276 g/mol. The Balaban J connectivity index is 2.86. The Kier molecular flexibility index (Phi) is 4.72. The van der Waals surface area contributed by atoms with Crippen molar-refractivity contribution in [3.63, 3.8) is 0 Å². The van der Waals surface area contributed by atoms with Gasteiger partial charge in [0.2, 0.25) is 0 Å². The van der Waals surface area contributed by atoms with Crippen molar-refractivity contribution >= 4 is 35.1 Å². The number of hydrogen-bond donors (Lipinski definition) is 2. The zero-order chi connectivity index (χ0) is 13.0. The summed E-state index contributed by atoms with van der Waals surface area (Å²) in [5.74, 6) is -1.64. The lowest BCUT2D eigenvalue weighted by molar-refractivity contribution is -0.139. The van der Waals surface area contributed by atoms with E-state index in [2.05, 4.69) is 10.3 Å². The topological polar surface area (TPSA) is 79.3 Å². The molecule has 1 heterocycles. The van der Waals surface area contributed by atoms with E-state index >= 15 is 0 Å². The Morgan fingerprint density at radius 2 is 1.94 bits per heavy atom. The number of hydrogen-bond acceptors (Lipinski definition) is 3. The van der Waals surface area contributed by atoms with E-state index in [1.807, 2.05) is 0 Å². The minimum atomic E-state index is -1.09. The van der Waals surface area contributed by atoms with Crippen LogP contribution in [-0.4, -0.2) is 28.0 Å². The predicted molar refractivity (Wildman–Crippen MR) is 63.4 cm³/mol. The number of pyridine rings is 1. The smallest absolute Gasteiger partial charge is 0.326 e. The molecule has 5 nitrogen and oxygen atoms in total. The largest absolute Gasteiger partial charge is 0.480 e. The molecule has 7 heteroatoms. The van der Waals surface area contributed by atoms with Crippen LogP contribution >= 0.6 is 23.2 Å². The van der Waals surface area contributed by atoms with Gasteiger partial charge in [-0.2, -0.15) is 0 Å². The Labute approximate surface area is 108 Å². The van der Waals surface area contributed by atoms with Crippen LogP contribution in [0.15, 0.2) is 12.1 Å². The Hall–Kier alpha value is -1.33. The highest BCUT2D eigenvalue weighted by Gasteiger charge is 2.19. The van der Waals surface area contributed by atoms with Crippen molar-refractivity contribution in [1.29, 1.82) is 0 Å². The lowest BCUT2D eigenvalue weighted by Crippen LogP contribution is -2.40. The summed E-state index contributed by atoms with van der Waals surface area (Å²) >= 11 is 11.3. The van der Waals surface area contributed by atoms with Gasteiger partial charge in [-0.25, -0.2) is 9.78 Å². The maximum absolute atomic E-state index is 11.7. The van der Waals surface area contributed by atoms with E-state index in [1.165, 1.54) is 12.1 Å². The summed E-state index contributed by atoms with van der Waals surface area (Å²) in [6.45, 7) is 1.66. The molecule has 1 unspecified atom stereocenters. The van der Waals surface area contributed by atoms with Crippen molar-refractivity contribution in [2.45, 2.75) is 19.4 Å². The molecule has 0 fully saturated rings. The lowest BCUT2D eigenvalue weighted by atomic mass is 10.2. The lowest BCUT2D eigenvalue weighted by Gasteiger charge is -2.12. The number of carbonyl (C=O) groups excluding carboxylic acids is 1. The molecule has 0 radical (unpaired) electrons. The zero-order valence-electron chi connectivity index (χ0n) is 8.91. The number of aromatic nitrogens is 1. The van der Waals surface area contributed by atoms with Gasteiger partial charge in [0.05, 0.1) is 0 Å². The first kappa shape index (κ1) is 13.7. The van der Waals surface area contributed by atoms with Gasteiger partial charge in [-0.1, -0.05) is 30.1 Å². The quantitative estimate of drug-likeness (QED) is 0.825. The number of carboxylic acid groups (broad SMARTS) is 1. The van der Waals surface area contributed by atoms with E-state index in [0.29, 0.717) is 0 Å². The van der Waals surface area contributed by atoms with Crippen LogP contribution in [-0.2, 0) is 4.79 Å². The number of aliphatic carboxylic acids is 1. The normalized spacial score (nSPS) is 11.9. The standard InChI is InChI=1S/C10H10Cl2N2O3/c1-2-6(10(16)17)13-9(15)5-3-7(11)14-8(12)4-5/h3-4,6H,2H2,1H3,(H,13,15)(H,16,17). The molecule has 2 N–H and O–H groups in total. The Morgan fingerprint density at radius 3 is 2.35 bits per heavy atom. The van der Waals surface area contributed by atoms with Crippen molar-refractivity contribution in [2.24, 2.45) is 0 Å². The first-order valence-corrected chi connectivity index (χ1v) is 5.56. The van der Waals surface area contributed by atoms with Crippen molar-refractivity contribution < 1.29 is 14.7 Å². The summed E-state index contributed by atoms with van der Waals surface area (Å²) < 4.78 is 0. The van der Waals surface area contributed by atoms with E-state index in [-0.39, 0.29) is 22.3 Å². The Morgan fingerprint density at radius 1 is 1.41 bits per heavy atom. The molecule has 92 valence electrons. The molecule has 0 saturated carbocycles. The summed E-state index contributed by atoms with van der Waals surface area (Å²) in [6, 6.07) is 1.70. The minimum absolute atomic E-state index is 0.0750. The number of halogens is 2. The van der Waals surface area contributed by atoms with E-state index in [4.69, 9.17) is 28.3 Å². The van der Waals surface area contributed by atoms with Crippen LogP contribution in [0.2, 0.25) is 10.3 Å². The van der Waals surface area contributed by atoms with Gasteiger partial charge in [0.25, 0.3) is 5.91 Å². The third-order valence-corrected chi connectivity index (χ3v) is 2.42. The summed E-state index contributed by atoms with van der Waals surface area (Å²) in [5.41, 5.74) is 0.176.